The highest BCUT2D eigenvalue weighted by molar-refractivity contribution is 6.00. The van der Waals surface area contributed by atoms with E-state index in [0.29, 0.717) is 11.3 Å². The Kier molecular flexibility index (Phi) is 2.39. The van der Waals surface area contributed by atoms with Crippen molar-refractivity contribution in [2.75, 3.05) is 7.11 Å². The van der Waals surface area contributed by atoms with Gasteiger partial charge in [0, 0.05) is 11.5 Å². The summed E-state index contributed by atoms with van der Waals surface area (Å²) in [6.07, 6.45) is 1.71. The van der Waals surface area contributed by atoms with Crippen molar-refractivity contribution in [1.29, 1.82) is 0 Å². The number of ketones is 1. The molecule has 80 valence electrons. The average molecular weight is 206 g/mol. The Labute approximate surface area is 88.7 Å². The standard InChI is InChI=1S/C12H14O3/c1-7-3-4-8-5-10(13)11(15-2)6-9(8)12(7)14/h5-7,13H,3-4H2,1-2H3. The van der Waals surface area contributed by atoms with E-state index in [1.807, 2.05) is 6.92 Å². The molecule has 2 rings (SSSR count). The molecule has 0 heterocycles. The Bertz CT molecular complexity index is 410. The first-order chi connectivity index (χ1) is 7.13. The van der Waals surface area contributed by atoms with Crippen molar-refractivity contribution < 1.29 is 14.6 Å². The number of benzene rings is 1. The number of carbonyl (C=O) groups excluding carboxylic acids is 1. The van der Waals surface area contributed by atoms with Gasteiger partial charge in [0.1, 0.15) is 0 Å². The highest BCUT2D eigenvalue weighted by Crippen LogP contribution is 2.34. The number of hydrogen-bond acceptors (Lipinski definition) is 3. The second-order valence-electron chi connectivity index (χ2n) is 3.99. The number of hydrogen-bond donors (Lipinski definition) is 1. The van der Waals surface area contributed by atoms with Crippen LogP contribution in [0, 0.1) is 5.92 Å². The Morgan fingerprint density at radius 2 is 2.20 bits per heavy atom. The molecule has 1 aromatic carbocycles. The minimum absolute atomic E-state index is 0.0757. The lowest BCUT2D eigenvalue weighted by Gasteiger charge is -2.21. The van der Waals surface area contributed by atoms with Gasteiger partial charge in [0.25, 0.3) is 0 Å². The molecule has 0 spiro atoms. The lowest BCUT2D eigenvalue weighted by molar-refractivity contribution is 0.0913. The summed E-state index contributed by atoms with van der Waals surface area (Å²) < 4.78 is 4.99. The minimum Gasteiger partial charge on any atom is -0.504 e. The van der Waals surface area contributed by atoms with Crippen LogP contribution in [0.15, 0.2) is 12.1 Å². The number of fused-ring (bicyclic) bond motifs is 1. The fourth-order valence-corrected chi connectivity index (χ4v) is 1.98. The van der Waals surface area contributed by atoms with Crippen LogP contribution in [0.25, 0.3) is 0 Å². The van der Waals surface area contributed by atoms with Gasteiger partial charge in [-0.05, 0) is 30.5 Å². The molecule has 3 nitrogen and oxygen atoms in total. The van der Waals surface area contributed by atoms with Gasteiger partial charge in [0.05, 0.1) is 7.11 Å². The quantitative estimate of drug-likeness (QED) is 0.766. The van der Waals surface area contributed by atoms with Gasteiger partial charge in [0.15, 0.2) is 17.3 Å². The third-order valence-electron chi connectivity index (χ3n) is 2.96. The summed E-state index contributed by atoms with van der Waals surface area (Å²) >= 11 is 0. The third kappa shape index (κ3) is 1.58. The molecule has 1 aliphatic rings. The zero-order chi connectivity index (χ0) is 11.0. The van der Waals surface area contributed by atoms with Crippen LogP contribution in [-0.4, -0.2) is 18.0 Å². The summed E-state index contributed by atoms with van der Waals surface area (Å²) in [5.74, 6) is 0.705. The van der Waals surface area contributed by atoms with Crippen LogP contribution >= 0.6 is 0 Å². The molecule has 1 N–H and O–H groups in total. The van der Waals surface area contributed by atoms with Gasteiger partial charge in [-0.25, -0.2) is 0 Å². The van der Waals surface area contributed by atoms with E-state index in [1.54, 1.807) is 12.1 Å². The van der Waals surface area contributed by atoms with Gasteiger partial charge in [-0.1, -0.05) is 6.92 Å². The zero-order valence-electron chi connectivity index (χ0n) is 8.91. The van der Waals surface area contributed by atoms with E-state index >= 15 is 0 Å². The molecule has 0 fully saturated rings. The van der Waals surface area contributed by atoms with Crippen LogP contribution in [0.4, 0.5) is 0 Å². The first kappa shape index (κ1) is 10.0. The first-order valence-corrected chi connectivity index (χ1v) is 5.07. The lowest BCUT2D eigenvalue weighted by atomic mass is 9.83. The molecule has 15 heavy (non-hydrogen) atoms. The van der Waals surface area contributed by atoms with E-state index in [1.165, 1.54) is 7.11 Å². The molecule has 1 atom stereocenters. The van der Waals surface area contributed by atoms with Gasteiger partial charge in [0.2, 0.25) is 0 Å². The fraction of sp³-hybridized carbons (Fsp3) is 0.417. The van der Waals surface area contributed by atoms with Crippen LogP contribution in [0.2, 0.25) is 0 Å². The molecule has 0 bridgehead atoms. The maximum atomic E-state index is 11.9. The Hall–Kier alpha value is -1.51. The van der Waals surface area contributed by atoms with Gasteiger partial charge in [-0.15, -0.1) is 0 Å². The predicted molar refractivity (Wildman–Crippen MR) is 56.5 cm³/mol. The van der Waals surface area contributed by atoms with Crippen molar-refractivity contribution in [3.8, 4) is 11.5 Å². The molecule has 1 unspecified atom stereocenters. The number of phenolic OH excluding ortho intramolecular Hbond substituents is 1. The van der Waals surface area contributed by atoms with Crippen LogP contribution in [0.3, 0.4) is 0 Å². The minimum atomic E-state index is 0.0757. The number of methoxy groups -OCH3 is 1. The SMILES string of the molecule is COc1cc2c(cc1O)CCC(C)C2=O. The number of aryl methyl sites for hydroxylation is 1. The first-order valence-electron chi connectivity index (χ1n) is 5.07. The lowest BCUT2D eigenvalue weighted by Crippen LogP contribution is -2.19. The monoisotopic (exact) mass is 206 g/mol. The Morgan fingerprint density at radius 1 is 1.47 bits per heavy atom. The maximum absolute atomic E-state index is 11.9. The molecule has 0 saturated heterocycles. The molecule has 0 aromatic heterocycles. The van der Waals surface area contributed by atoms with E-state index in [2.05, 4.69) is 0 Å². The molecule has 0 aliphatic heterocycles. The van der Waals surface area contributed by atoms with Crippen LogP contribution in [0.1, 0.15) is 29.3 Å². The average Bonchev–Trinajstić information content (AvgIpc) is 2.23. The van der Waals surface area contributed by atoms with Gasteiger partial charge in [-0.2, -0.15) is 0 Å². The fourth-order valence-electron chi connectivity index (χ4n) is 1.98. The Morgan fingerprint density at radius 3 is 2.87 bits per heavy atom. The summed E-state index contributed by atoms with van der Waals surface area (Å²) in [5.41, 5.74) is 1.62. The summed E-state index contributed by atoms with van der Waals surface area (Å²) in [4.78, 5) is 11.9. The van der Waals surface area contributed by atoms with Crippen molar-refractivity contribution in [2.45, 2.75) is 19.8 Å². The highest BCUT2D eigenvalue weighted by Gasteiger charge is 2.25. The van der Waals surface area contributed by atoms with Crippen molar-refractivity contribution in [1.82, 2.24) is 0 Å². The van der Waals surface area contributed by atoms with Gasteiger partial charge >= 0.3 is 0 Å². The highest BCUT2D eigenvalue weighted by atomic mass is 16.5. The Balaban J connectivity index is 2.53. The number of Topliss-reactive ketones (excluding diaryl/α,β-unsaturated/α-hetero) is 1. The molecule has 0 radical (unpaired) electrons. The zero-order valence-corrected chi connectivity index (χ0v) is 8.91. The molecule has 0 amide bonds. The van der Waals surface area contributed by atoms with E-state index in [-0.39, 0.29) is 17.5 Å². The second-order valence-corrected chi connectivity index (χ2v) is 3.99. The molecular weight excluding hydrogens is 192 g/mol. The van der Waals surface area contributed by atoms with Gasteiger partial charge < -0.3 is 9.84 Å². The van der Waals surface area contributed by atoms with Crippen molar-refractivity contribution in [2.24, 2.45) is 5.92 Å². The summed E-state index contributed by atoms with van der Waals surface area (Å²) in [6, 6.07) is 3.28. The smallest absolute Gasteiger partial charge is 0.166 e. The number of aromatic hydroxyl groups is 1. The third-order valence-corrected chi connectivity index (χ3v) is 2.96. The molecular formula is C12H14O3. The number of ether oxygens (including phenoxy) is 1. The molecule has 0 saturated carbocycles. The predicted octanol–water partition coefficient (Wildman–Crippen LogP) is 2.17. The number of carbonyl (C=O) groups is 1. The van der Waals surface area contributed by atoms with E-state index < -0.39 is 0 Å². The summed E-state index contributed by atoms with van der Waals surface area (Å²) in [7, 11) is 1.48. The largest absolute Gasteiger partial charge is 0.504 e. The van der Waals surface area contributed by atoms with Crippen LogP contribution in [-0.2, 0) is 6.42 Å². The summed E-state index contributed by atoms with van der Waals surface area (Å²) in [5, 5.41) is 9.58. The number of rotatable bonds is 1. The van der Waals surface area contributed by atoms with Crippen LogP contribution in [0.5, 0.6) is 11.5 Å². The normalized spacial score (nSPS) is 19.9. The van der Waals surface area contributed by atoms with Crippen molar-refractivity contribution in [3.05, 3.63) is 23.3 Å². The van der Waals surface area contributed by atoms with E-state index in [9.17, 15) is 9.90 Å². The topological polar surface area (TPSA) is 46.5 Å². The van der Waals surface area contributed by atoms with Crippen LogP contribution < -0.4 is 4.74 Å². The van der Waals surface area contributed by atoms with E-state index in [0.717, 1.165) is 18.4 Å². The molecule has 1 aromatic rings. The molecule has 1 aliphatic carbocycles. The van der Waals surface area contributed by atoms with Gasteiger partial charge in [-0.3, -0.25) is 4.79 Å². The second kappa shape index (κ2) is 3.57. The van der Waals surface area contributed by atoms with E-state index in [4.69, 9.17) is 4.74 Å². The summed E-state index contributed by atoms with van der Waals surface area (Å²) in [6.45, 7) is 1.94. The number of phenols is 1. The van der Waals surface area contributed by atoms with Crippen molar-refractivity contribution >= 4 is 5.78 Å². The van der Waals surface area contributed by atoms with Crippen molar-refractivity contribution in [3.63, 3.8) is 0 Å². The molecule has 3 heteroatoms. The maximum Gasteiger partial charge on any atom is 0.166 e.